The van der Waals surface area contributed by atoms with Crippen molar-refractivity contribution < 1.29 is 53.1 Å². The number of benzene rings is 2. The first-order valence-corrected chi connectivity index (χ1v) is 27.3. The SMILES string of the molecule is COc1ccc(Nc2nc(NC3CCCCCC3)nc(N(C)C3CCN(C)CC3)n2)cc1F.COc1ccc(Nc2nc(NC3CCCCCC3)nc(N(C)C3CCN(C)CC3)n2)cc1F.O=C(O)CC(O)(CC(=O)O)C(=O)O. The van der Waals surface area contributed by atoms with Crippen LogP contribution in [0.4, 0.5) is 55.8 Å². The van der Waals surface area contributed by atoms with Crippen molar-refractivity contribution in [2.75, 3.05) is 99.7 Å². The van der Waals surface area contributed by atoms with E-state index in [0.717, 1.165) is 77.5 Å². The van der Waals surface area contributed by atoms with Crippen LogP contribution >= 0.6 is 0 Å². The van der Waals surface area contributed by atoms with Crippen LogP contribution in [-0.2, 0) is 14.4 Å². The third kappa shape index (κ3) is 19.1. The molecule has 2 saturated carbocycles. The molecule has 4 fully saturated rings. The minimum absolute atomic E-state index is 0.203. The van der Waals surface area contributed by atoms with E-state index in [1.807, 2.05) is 0 Å². The molecule has 23 nitrogen and oxygen atoms in total. The first-order chi connectivity index (χ1) is 37.8. The molecule has 2 saturated heterocycles. The molecule has 0 amide bonds. The Morgan fingerprint density at radius 3 is 1.22 bits per heavy atom. The molecule has 434 valence electrons. The number of piperidine rings is 2. The maximum Gasteiger partial charge on any atom is 0.336 e. The lowest BCUT2D eigenvalue weighted by Gasteiger charge is -2.35. The molecule has 0 bridgehead atoms. The summed E-state index contributed by atoms with van der Waals surface area (Å²) in [5, 5.41) is 47.2. The first-order valence-electron chi connectivity index (χ1n) is 27.3. The van der Waals surface area contributed by atoms with Crippen molar-refractivity contribution >= 4 is 65.0 Å². The van der Waals surface area contributed by atoms with Crippen LogP contribution in [0.3, 0.4) is 0 Å². The molecule has 25 heteroatoms. The summed E-state index contributed by atoms with van der Waals surface area (Å²) in [4.78, 5) is 67.7. The van der Waals surface area contributed by atoms with E-state index in [9.17, 15) is 23.2 Å². The number of nitrogens with one attached hydrogen (secondary N) is 4. The third-order valence-corrected chi connectivity index (χ3v) is 14.8. The van der Waals surface area contributed by atoms with Gasteiger partial charge in [-0.15, -0.1) is 0 Å². The van der Waals surface area contributed by atoms with E-state index in [1.165, 1.54) is 77.7 Å². The van der Waals surface area contributed by atoms with Crippen molar-refractivity contribution in [3.05, 3.63) is 48.0 Å². The summed E-state index contributed by atoms with van der Waals surface area (Å²) >= 11 is 0. The second-order valence-electron chi connectivity index (χ2n) is 20.9. The van der Waals surface area contributed by atoms with Crippen molar-refractivity contribution in [2.24, 2.45) is 0 Å². The van der Waals surface area contributed by atoms with Crippen molar-refractivity contribution in [1.29, 1.82) is 0 Å². The zero-order valence-electron chi connectivity index (χ0n) is 46.4. The number of halogens is 2. The third-order valence-electron chi connectivity index (χ3n) is 14.8. The molecule has 4 aliphatic rings. The van der Waals surface area contributed by atoms with Gasteiger partial charge in [0.2, 0.25) is 35.7 Å². The van der Waals surface area contributed by atoms with E-state index in [4.69, 9.17) is 49.8 Å². The number of ether oxygens (including phenoxy) is 2. The molecule has 8 N–H and O–H groups in total. The average molecular weight is 1110 g/mol. The van der Waals surface area contributed by atoms with E-state index >= 15 is 0 Å². The highest BCUT2D eigenvalue weighted by Gasteiger charge is 2.41. The minimum atomic E-state index is -2.74. The van der Waals surface area contributed by atoms with Crippen molar-refractivity contribution in [1.82, 2.24) is 39.7 Å². The number of methoxy groups -OCH3 is 2. The Labute approximate surface area is 461 Å². The molecule has 4 heterocycles. The highest BCUT2D eigenvalue weighted by atomic mass is 19.1. The number of carboxylic acids is 3. The summed E-state index contributed by atoms with van der Waals surface area (Å²) < 4.78 is 38.5. The summed E-state index contributed by atoms with van der Waals surface area (Å²) in [6.07, 6.45) is 16.5. The predicted molar refractivity (Wildman–Crippen MR) is 297 cm³/mol. The maximum absolute atomic E-state index is 14.2. The number of carbonyl (C=O) groups is 3. The Balaban J connectivity index is 0.000000210. The predicted octanol–water partition coefficient (Wildman–Crippen LogP) is 7.61. The highest BCUT2D eigenvalue weighted by molar-refractivity contribution is 5.88. The largest absolute Gasteiger partial charge is 0.494 e. The van der Waals surface area contributed by atoms with Crippen LogP contribution in [0.1, 0.15) is 116 Å². The van der Waals surface area contributed by atoms with Crippen molar-refractivity contribution in [2.45, 2.75) is 145 Å². The number of likely N-dealkylation sites (tertiary alicyclic amines) is 2. The molecule has 0 unspecified atom stereocenters. The Morgan fingerprint density at radius 1 is 0.570 bits per heavy atom. The van der Waals surface area contributed by atoms with Gasteiger partial charge < -0.3 is 70.8 Å². The monoisotopic (exact) mass is 1110 g/mol. The second kappa shape index (κ2) is 29.8. The lowest BCUT2D eigenvalue weighted by molar-refractivity contribution is -0.170. The number of hydrogen-bond donors (Lipinski definition) is 8. The van der Waals surface area contributed by atoms with Gasteiger partial charge in [-0.05, 0) is 116 Å². The minimum Gasteiger partial charge on any atom is -0.494 e. The fourth-order valence-electron chi connectivity index (χ4n) is 10.1. The average Bonchev–Trinajstić information content (AvgIpc) is 3.86. The van der Waals surface area contributed by atoms with Gasteiger partial charge in [0.1, 0.15) is 0 Å². The maximum atomic E-state index is 14.2. The van der Waals surface area contributed by atoms with Crippen LogP contribution in [0.25, 0.3) is 0 Å². The summed E-state index contributed by atoms with van der Waals surface area (Å²) in [7, 11) is 11.3. The lowest BCUT2D eigenvalue weighted by Crippen LogP contribution is -2.42. The van der Waals surface area contributed by atoms with Gasteiger partial charge in [-0.25, -0.2) is 13.6 Å². The highest BCUT2D eigenvalue weighted by Crippen LogP contribution is 2.29. The van der Waals surface area contributed by atoms with Crippen LogP contribution in [0.5, 0.6) is 11.5 Å². The van der Waals surface area contributed by atoms with E-state index in [2.05, 4.69) is 79.0 Å². The van der Waals surface area contributed by atoms with Crippen LogP contribution in [0.2, 0.25) is 0 Å². The van der Waals surface area contributed by atoms with Gasteiger partial charge in [0, 0.05) is 61.8 Å². The van der Waals surface area contributed by atoms with Crippen LogP contribution in [0.15, 0.2) is 36.4 Å². The normalized spacial score (nSPS) is 17.3. The van der Waals surface area contributed by atoms with Gasteiger partial charge in [0.05, 0.1) is 27.1 Å². The van der Waals surface area contributed by atoms with Crippen LogP contribution < -0.4 is 40.5 Å². The zero-order chi connectivity index (χ0) is 57.1. The van der Waals surface area contributed by atoms with E-state index in [0.29, 0.717) is 71.2 Å². The number of aromatic nitrogens is 6. The molecule has 4 aromatic rings. The molecular weight excluding hydrogens is 1030 g/mol. The summed E-state index contributed by atoms with van der Waals surface area (Å²) in [5.41, 5.74) is -1.61. The fourth-order valence-corrected chi connectivity index (χ4v) is 10.1. The molecule has 2 aliphatic carbocycles. The summed E-state index contributed by atoms with van der Waals surface area (Å²) in [6.45, 7) is 4.24. The van der Waals surface area contributed by atoms with Gasteiger partial charge in [-0.1, -0.05) is 51.4 Å². The lowest BCUT2D eigenvalue weighted by atomic mass is 9.96. The molecule has 2 aromatic heterocycles. The van der Waals surface area contributed by atoms with Gasteiger partial charge >= 0.3 is 17.9 Å². The molecule has 8 rings (SSSR count). The summed E-state index contributed by atoms with van der Waals surface area (Å²) in [5.74, 6) is -2.26. The molecule has 2 aliphatic heterocycles. The number of rotatable bonds is 19. The van der Waals surface area contributed by atoms with Crippen LogP contribution in [0, 0.1) is 11.6 Å². The quantitative estimate of drug-likeness (QED) is 0.0419. The van der Waals surface area contributed by atoms with Crippen LogP contribution in [-0.4, -0.2) is 176 Å². The van der Waals surface area contributed by atoms with Gasteiger partial charge in [0.15, 0.2) is 28.7 Å². The van der Waals surface area contributed by atoms with Crippen molar-refractivity contribution in [3.63, 3.8) is 0 Å². The van der Waals surface area contributed by atoms with Crippen molar-refractivity contribution in [3.8, 4) is 11.5 Å². The Hall–Kier alpha value is -6.99. The fraction of sp³-hybridized carbons (Fsp3) is 0.611. The standard InChI is InChI=1S/2C24H36FN7O.C6H8O7/c2*1-31-14-12-19(13-15-31)32(2)24-29-22(26-17-8-6-4-5-7-9-17)28-23(30-24)27-18-10-11-21(33-3)20(25)16-18;7-3(8)1-6(13,5(11)12)2-4(9)10/h2*10-11,16-17,19H,4-9,12-15H2,1-3H3,(H2,26,27,28,29,30);13H,1-2H2,(H,7,8)(H,9,10)(H,11,12). The Kier molecular flexibility index (Phi) is 23.1. The van der Waals surface area contributed by atoms with Gasteiger partial charge in [-0.3, -0.25) is 9.59 Å². The van der Waals surface area contributed by atoms with Gasteiger partial charge in [0.25, 0.3) is 0 Å². The number of aliphatic hydroxyl groups is 1. The zero-order valence-corrected chi connectivity index (χ0v) is 46.4. The number of anilines is 8. The molecule has 2 aromatic carbocycles. The number of carboxylic acid groups (broad SMARTS) is 3. The molecule has 0 radical (unpaired) electrons. The summed E-state index contributed by atoms with van der Waals surface area (Å²) in [6, 6.07) is 11.0. The Morgan fingerprint density at radius 2 is 0.911 bits per heavy atom. The Bertz CT molecular complexity index is 2430. The molecule has 79 heavy (non-hydrogen) atoms. The number of hydrogen-bond acceptors (Lipinski definition) is 20. The first kappa shape index (κ1) is 61.2. The molecule has 0 atom stereocenters. The van der Waals surface area contributed by atoms with E-state index < -0.39 is 48.0 Å². The van der Waals surface area contributed by atoms with Gasteiger partial charge in [-0.2, -0.15) is 29.9 Å². The molecule has 0 spiro atoms. The number of aliphatic carboxylic acids is 3. The molecular formula is C54H80F2N14O9. The second-order valence-corrected chi connectivity index (χ2v) is 20.9. The smallest absolute Gasteiger partial charge is 0.336 e. The topological polar surface area (TPSA) is 289 Å². The van der Waals surface area contributed by atoms with E-state index in [1.54, 1.807) is 24.3 Å². The number of nitrogens with zero attached hydrogens (tertiary/aromatic N) is 10. The van der Waals surface area contributed by atoms with E-state index in [-0.39, 0.29) is 11.5 Å².